The van der Waals surface area contributed by atoms with Crippen LogP contribution in [-0.2, 0) is 9.53 Å². The number of fused-ring (bicyclic) bond motifs is 1. The molecule has 1 saturated heterocycles. The van der Waals surface area contributed by atoms with Crippen molar-refractivity contribution in [2.24, 2.45) is 0 Å². The Balaban J connectivity index is 1.76. The average molecular weight is 349 g/mol. The fourth-order valence-corrected chi connectivity index (χ4v) is 2.63. The summed E-state index contributed by atoms with van der Waals surface area (Å²) in [6.45, 7) is 5.24. The quantitative estimate of drug-likeness (QED) is 0.895. The van der Waals surface area contributed by atoms with Crippen molar-refractivity contribution in [1.82, 2.24) is 15.0 Å². The monoisotopic (exact) mass is 349 g/mol. The molecule has 0 aliphatic carbocycles. The topological polar surface area (TPSA) is 115 Å². The molecule has 1 N–H and O–H groups in total. The summed E-state index contributed by atoms with van der Waals surface area (Å²) in [5.41, 5.74) is 0.199. The molecule has 2 aromatic rings. The molecule has 0 bridgehead atoms. The normalized spacial score (nSPS) is 20.7. The van der Waals surface area contributed by atoms with Crippen LogP contribution in [0.3, 0.4) is 0 Å². The summed E-state index contributed by atoms with van der Waals surface area (Å²) in [6.07, 6.45) is 0.460. The Labute approximate surface area is 143 Å². The number of ether oxygens (including phenoxy) is 2. The van der Waals surface area contributed by atoms with E-state index in [1.807, 2.05) is 0 Å². The highest BCUT2D eigenvalue weighted by Gasteiger charge is 2.43. The number of rotatable bonds is 3. The van der Waals surface area contributed by atoms with Crippen molar-refractivity contribution < 1.29 is 28.7 Å². The van der Waals surface area contributed by atoms with Crippen LogP contribution < -0.4 is 4.74 Å². The number of carboxylic acid groups (broad SMARTS) is 1. The van der Waals surface area contributed by atoms with Crippen LogP contribution in [0.2, 0.25) is 0 Å². The molecule has 25 heavy (non-hydrogen) atoms. The van der Waals surface area contributed by atoms with Gasteiger partial charge in [0.1, 0.15) is 17.7 Å². The number of carbonyl (C=O) groups is 2. The molecule has 0 unspecified atom stereocenters. The maximum Gasteiger partial charge on any atom is 0.411 e. The molecular formula is C16H19N3O6. The number of nitrogens with zero attached hydrogens (tertiary/aromatic N) is 3. The van der Waals surface area contributed by atoms with Crippen molar-refractivity contribution in [3.63, 3.8) is 0 Å². The van der Waals surface area contributed by atoms with Gasteiger partial charge in [0.2, 0.25) is 0 Å². The zero-order valence-corrected chi connectivity index (χ0v) is 14.1. The number of amides is 1. The van der Waals surface area contributed by atoms with Crippen LogP contribution >= 0.6 is 0 Å². The summed E-state index contributed by atoms with van der Waals surface area (Å²) in [4.78, 5) is 29.1. The molecule has 0 spiro atoms. The highest BCUT2D eigenvalue weighted by molar-refractivity contribution is 5.81. The molecular weight excluding hydrogens is 330 g/mol. The second-order valence-corrected chi connectivity index (χ2v) is 6.80. The summed E-state index contributed by atoms with van der Waals surface area (Å²) >= 11 is 0. The molecule has 134 valence electrons. The van der Waals surface area contributed by atoms with E-state index >= 15 is 0 Å². The van der Waals surface area contributed by atoms with Gasteiger partial charge >= 0.3 is 12.1 Å². The van der Waals surface area contributed by atoms with Crippen molar-refractivity contribution in [1.29, 1.82) is 0 Å². The highest BCUT2D eigenvalue weighted by Crippen LogP contribution is 2.28. The number of pyridine rings is 1. The van der Waals surface area contributed by atoms with Crippen LogP contribution in [0, 0.1) is 0 Å². The van der Waals surface area contributed by atoms with Crippen molar-refractivity contribution in [3.8, 4) is 5.88 Å². The lowest BCUT2D eigenvalue weighted by atomic mass is 10.2. The fourth-order valence-electron chi connectivity index (χ4n) is 2.63. The lowest BCUT2D eigenvalue weighted by Crippen LogP contribution is -2.43. The van der Waals surface area contributed by atoms with E-state index in [0.717, 1.165) is 4.90 Å². The Kier molecular flexibility index (Phi) is 4.23. The molecule has 3 rings (SSSR count). The summed E-state index contributed by atoms with van der Waals surface area (Å²) in [7, 11) is 0. The first-order valence-electron chi connectivity index (χ1n) is 7.84. The largest absolute Gasteiger partial charge is 0.480 e. The number of carboxylic acids is 1. The number of aliphatic carboxylic acids is 1. The van der Waals surface area contributed by atoms with Gasteiger partial charge in [-0.1, -0.05) is 0 Å². The maximum atomic E-state index is 12.3. The number of hydrogen-bond acceptors (Lipinski definition) is 7. The van der Waals surface area contributed by atoms with Crippen LogP contribution in [0.5, 0.6) is 5.88 Å². The first-order chi connectivity index (χ1) is 11.7. The van der Waals surface area contributed by atoms with E-state index in [0.29, 0.717) is 11.1 Å². The van der Waals surface area contributed by atoms with E-state index in [9.17, 15) is 14.7 Å². The first-order valence-corrected chi connectivity index (χ1v) is 7.84. The van der Waals surface area contributed by atoms with Gasteiger partial charge in [-0.15, -0.1) is 0 Å². The van der Waals surface area contributed by atoms with Gasteiger partial charge in [-0.05, 0) is 38.1 Å². The van der Waals surface area contributed by atoms with Gasteiger partial charge in [0, 0.05) is 12.6 Å². The van der Waals surface area contributed by atoms with Crippen LogP contribution in [0.1, 0.15) is 27.2 Å². The standard InChI is InChI=1S/C16H19N3O6/c1-16(2,3)24-15(22)19-8-9(7-10(19)14(20)21)23-13-12-11(25-18-13)5-4-6-17-12/h4-6,9-10H,7-8H2,1-3H3,(H,20,21)/t9-,10+/m1/s1. The number of likely N-dealkylation sites (tertiary alicyclic amines) is 1. The number of aromatic nitrogens is 2. The van der Waals surface area contributed by atoms with E-state index in [4.69, 9.17) is 14.0 Å². The lowest BCUT2D eigenvalue weighted by Gasteiger charge is -2.26. The van der Waals surface area contributed by atoms with Crippen LogP contribution in [0.4, 0.5) is 4.79 Å². The predicted octanol–water partition coefficient (Wildman–Crippen LogP) is 2.06. The van der Waals surface area contributed by atoms with Gasteiger partial charge < -0.3 is 19.1 Å². The fraction of sp³-hybridized carbons (Fsp3) is 0.500. The van der Waals surface area contributed by atoms with E-state index in [2.05, 4.69) is 10.1 Å². The SMILES string of the molecule is CC(C)(C)OC(=O)N1C[C@H](Oc2noc3cccnc23)C[C@H]1C(=O)O. The van der Waals surface area contributed by atoms with Gasteiger partial charge in [0.25, 0.3) is 5.88 Å². The van der Waals surface area contributed by atoms with Gasteiger partial charge in [-0.3, -0.25) is 4.90 Å². The third kappa shape index (κ3) is 3.65. The van der Waals surface area contributed by atoms with Crippen LogP contribution in [-0.4, -0.2) is 56.5 Å². The molecule has 0 radical (unpaired) electrons. The average Bonchev–Trinajstić information content (AvgIpc) is 3.11. The summed E-state index contributed by atoms with van der Waals surface area (Å²) in [5.74, 6) is -0.934. The molecule has 1 aliphatic heterocycles. The van der Waals surface area contributed by atoms with Gasteiger partial charge in [0.15, 0.2) is 11.1 Å². The zero-order valence-electron chi connectivity index (χ0n) is 14.1. The Morgan fingerprint density at radius 2 is 2.16 bits per heavy atom. The molecule has 2 aromatic heterocycles. The molecule has 0 aromatic carbocycles. The van der Waals surface area contributed by atoms with E-state index in [-0.39, 0.29) is 18.8 Å². The number of hydrogen-bond donors (Lipinski definition) is 1. The second kappa shape index (κ2) is 6.23. The third-order valence-electron chi connectivity index (χ3n) is 3.65. The zero-order chi connectivity index (χ0) is 18.2. The van der Waals surface area contributed by atoms with Crippen molar-refractivity contribution in [2.75, 3.05) is 6.54 Å². The second-order valence-electron chi connectivity index (χ2n) is 6.80. The molecule has 9 nitrogen and oxygen atoms in total. The Morgan fingerprint density at radius 3 is 2.84 bits per heavy atom. The van der Waals surface area contributed by atoms with Crippen molar-refractivity contribution in [2.45, 2.75) is 44.9 Å². The minimum absolute atomic E-state index is 0.0765. The van der Waals surface area contributed by atoms with E-state index in [1.54, 1.807) is 39.1 Å². The summed E-state index contributed by atoms with van der Waals surface area (Å²) in [5, 5.41) is 13.2. The maximum absolute atomic E-state index is 12.3. The molecule has 0 saturated carbocycles. The van der Waals surface area contributed by atoms with Gasteiger partial charge in [0.05, 0.1) is 6.54 Å². The van der Waals surface area contributed by atoms with Gasteiger partial charge in [-0.2, -0.15) is 0 Å². The molecule has 9 heteroatoms. The lowest BCUT2D eigenvalue weighted by molar-refractivity contribution is -0.142. The minimum atomic E-state index is -1.11. The van der Waals surface area contributed by atoms with E-state index < -0.39 is 29.8 Å². The Bertz CT molecular complexity index is 797. The molecule has 2 atom stereocenters. The first kappa shape index (κ1) is 17.0. The summed E-state index contributed by atoms with van der Waals surface area (Å²) < 4.78 is 16.1. The van der Waals surface area contributed by atoms with Gasteiger partial charge in [-0.25, -0.2) is 14.6 Å². The van der Waals surface area contributed by atoms with Crippen LogP contribution in [0.15, 0.2) is 22.9 Å². The molecule has 3 heterocycles. The Morgan fingerprint density at radius 1 is 1.40 bits per heavy atom. The highest BCUT2D eigenvalue weighted by atomic mass is 16.6. The summed E-state index contributed by atoms with van der Waals surface area (Å²) in [6, 6.07) is 2.38. The molecule has 1 amide bonds. The van der Waals surface area contributed by atoms with Crippen molar-refractivity contribution >= 4 is 23.2 Å². The predicted molar refractivity (Wildman–Crippen MR) is 85.2 cm³/mol. The Hall–Kier alpha value is -2.84. The molecule has 1 fully saturated rings. The number of carbonyl (C=O) groups excluding carboxylic acids is 1. The molecule has 1 aliphatic rings. The third-order valence-corrected chi connectivity index (χ3v) is 3.65. The smallest absolute Gasteiger partial charge is 0.411 e. The van der Waals surface area contributed by atoms with Crippen LogP contribution in [0.25, 0.3) is 11.1 Å². The minimum Gasteiger partial charge on any atom is -0.480 e. The van der Waals surface area contributed by atoms with Crippen molar-refractivity contribution in [3.05, 3.63) is 18.3 Å². The van der Waals surface area contributed by atoms with E-state index in [1.165, 1.54) is 0 Å².